The molecule has 3 aromatic rings. The second kappa shape index (κ2) is 7.79. The second-order valence-corrected chi connectivity index (χ2v) is 5.70. The van der Waals surface area contributed by atoms with Gasteiger partial charge < -0.3 is 15.0 Å². The van der Waals surface area contributed by atoms with E-state index in [1.54, 1.807) is 6.07 Å². The number of carbonyl (C=O) groups excluding carboxylic acids is 1. The normalized spacial score (nSPS) is 10.8. The van der Waals surface area contributed by atoms with Crippen molar-refractivity contribution in [3.63, 3.8) is 0 Å². The zero-order valence-electron chi connectivity index (χ0n) is 14.0. The number of hydrogen-bond acceptors (Lipinski definition) is 3. The van der Waals surface area contributed by atoms with E-state index in [4.69, 9.17) is 4.74 Å². The molecule has 25 heavy (non-hydrogen) atoms. The van der Waals surface area contributed by atoms with E-state index in [2.05, 4.69) is 15.3 Å². The predicted molar refractivity (Wildman–Crippen MR) is 94.1 cm³/mol. The molecule has 0 bridgehead atoms. The fraction of sp³-hybridized carbons (Fsp3) is 0.263. The van der Waals surface area contributed by atoms with Gasteiger partial charge in [-0.15, -0.1) is 0 Å². The standard InChI is InChI=1S/C19H20FN3O2/c1-2-25-15-6-3-13(4-7-15)11-19(24)21-10-9-18-22-16-8-5-14(20)12-17(16)23-18/h3-8,12H,2,9-11H2,1H3,(H,21,24)(H,22,23). The molecule has 0 aliphatic heterocycles. The van der Waals surface area contributed by atoms with Gasteiger partial charge in [0.25, 0.3) is 0 Å². The highest BCUT2D eigenvalue weighted by Gasteiger charge is 2.06. The van der Waals surface area contributed by atoms with Crippen molar-refractivity contribution in [2.75, 3.05) is 13.2 Å². The van der Waals surface area contributed by atoms with Gasteiger partial charge >= 0.3 is 0 Å². The molecule has 0 atom stereocenters. The van der Waals surface area contributed by atoms with Crippen LogP contribution in [0.5, 0.6) is 5.75 Å². The van der Waals surface area contributed by atoms with Gasteiger partial charge in [-0.3, -0.25) is 4.79 Å². The van der Waals surface area contributed by atoms with E-state index >= 15 is 0 Å². The molecule has 3 rings (SSSR count). The SMILES string of the molecule is CCOc1ccc(CC(=O)NCCc2nc3ccc(F)cc3[nH]2)cc1. The number of H-pyrrole nitrogens is 1. The third kappa shape index (κ3) is 4.56. The van der Waals surface area contributed by atoms with Crippen molar-refractivity contribution in [1.82, 2.24) is 15.3 Å². The molecule has 0 spiro atoms. The molecular weight excluding hydrogens is 321 g/mol. The molecule has 1 heterocycles. The molecule has 2 N–H and O–H groups in total. The summed E-state index contributed by atoms with van der Waals surface area (Å²) in [6, 6.07) is 11.9. The Labute approximate surface area is 145 Å². The molecule has 0 saturated heterocycles. The molecule has 0 fully saturated rings. The van der Waals surface area contributed by atoms with Crippen molar-refractivity contribution >= 4 is 16.9 Å². The average Bonchev–Trinajstić information content (AvgIpc) is 2.98. The van der Waals surface area contributed by atoms with E-state index in [1.807, 2.05) is 31.2 Å². The van der Waals surface area contributed by atoms with Crippen molar-refractivity contribution < 1.29 is 13.9 Å². The molecule has 0 aliphatic rings. The topological polar surface area (TPSA) is 67.0 Å². The van der Waals surface area contributed by atoms with Crippen LogP contribution in [0.2, 0.25) is 0 Å². The summed E-state index contributed by atoms with van der Waals surface area (Å²) in [7, 11) is 0. The Morgan fingerprint density at radius 3 is 2.80 bits per heavy atom. The Hall–Kier alpha value is -2.89. The number of benzene rings is 2. The summed E-state index contributed by atoms with van der Waals surface area (Å²) in [4.78, 5) is 19.4. The van der Waals surface area contributed by atoms with E-state index in [0.29, 0.717) is 31.5 Å². The molecule has 0 radical (unpaired) electrons. The van der Waals surface area contributed by atoms with Gasteiger partial charge in [-0.2, -0.15) is 0 Å². The van der Waals surface area contributed by atoms with Crippen molar-refractivity contribution in [2.24, 2.45) is 0 Å². The minimum Gasteiger partial charge on any atom is -0.494 e. The highest BCUT2D eigenvalue weighted by molar-refractivity contribution is 5.78. The first-order chi connectivity index (χ1) is 12.1. The van der Waals surface area contributed by atoms with Gasteiger partial charge in [-0.1, -0.05) is 12.1 Å². The van der Waals surface area contributed by atoms with Gasteiger partial charge in [-0.05, 0) is 42.8 Å². The van der Waals surface area contributed by atoms with Crippen LogP contribution < -0.4 is 10.1 Å². The maximum Gasteiger partial charge on any atom is 0.224 e. The predicted octanol–water partition coefficient (Wildman–Crippen LogP) is 3.00. The van der Waals surface area contributed by atoms with Crippen LogP contribution in [-0.2, 0) is 17.6 Å². The number of aromatic nitrogens is 2. The van der Waals surface area contributed by atoms with E-state index in [-0.39, 0.29) is 11.7 Å². The summed E-state index contributed by atoms with van der Waals surface area (Å²) in [5.41, 5.74) is 2.31. The maximum atomic E-state index is 13.2. The number of hydrogen-bond donors (Lipinski definition) is 2. The van der Waals surface area contributed by atoms with Crippen LogP contribution >= 0.6 is 0 Å². The molecular formula is C19H20FN3O2. The number of nitrogens with one attached hydrogen (secondary N) is 2. The number of halogens is 1. The van der Waals surface area contributed by atoms with Crippen LogP contribution in [0.4, 0.5) is 4.39 Å². The molecule has 1 aromatic heterocycles. The first kappa shape index (κ1) is 17.0. The largest absolute Gasteiger partial charge is 0.494 e. The van der Waals surface area contributed by atoms with Gasteiger partial charge in [-0.25, -0.2) is 9.37 Å². The lowest BCUT2D eigenvalue weighted by Gasteiger charge is -2.06. The number of ether oxygens (including phenoxy) is 1. The van der Waals surface area contributed by atoms with Crippen LogP contribution in [-0.4, -0.2) is 29.0 Å². The first-order valence-corrected chi connectivity index (χ1v) is 8.26. The fourth-order valence-electron chi connectivity index (χ4n) is 2.59. The molecule has 5 nitrogen and oxygen atoms in total. The van der Waals surface area contributed by atoms with E-state index < -0.39 is 0 Å². The van der Waals surface area contributed by atoms with E-state index in [9.17, 15) is 9.18 Å². The molecule has 130 valence electrons. The molecule has 0 saturated carbocycles. The third-order valence-electron chi connectivity index (χ3n) is 3.78. The third-order valence-corrected chi connectivity index (χ3v) is 3.78. The molecule has 6 heteroatoms. The van der Waals surface area contributed by atoms with Gasteiger partial charge in [0.2, 0.25) is 5.91 Å². The van der Waals surface area contributed by atoms with Crippen molar-refractivity contribution in [3.05, 3.63) is 59.7 Å². The minimum atomic E-state index is -0.300. The highest BCUT2D eigenvalue weighted by Crippen LogP contribution is 2.13. The minimum absolute atomic E-state index is 0.0497. The van der Waals surface area contributed by atoms with E-state index in [1.165, 1.54) is 12.1 Å². The number of imidazole rings is 1. The van der Waals surface area contributed by atoms with Crippen LogP contribution in [0.25, 0.3) is 11.0 Å². The lowest BCUT2D eigenvalue weighted by molar-refractivity contribution is -0.120. The van der Waals surface area contributed by atoms with E-state index in [0.717, 1.165) is 22.7 Å². The lowest BCUT2D eigenvalue weighted by Crippen LogP contribution is -2.27. The summed E-state index contributed by atoms with van der Waals surface area (Å²) in [6.45, 7) is 3.02. The van der Waals surface area contributed by atoms with Gasteiger partial charge in [0.1, 0.15) is 17.4 Å². The van der Waals surface area contributed by atoms with Gasteiger partial charge in [0, 0.05) is 13.0 Å². The van der Waals surface area contributed by atoms with Crippen LogP contribution in [0.15, 0.2) is 42.5 Å². The summed E-state index contributed by atoms with van der Waals surface area (Å²) in [5.74, 6) is 1.17. The fourth-order valence-corrected chi connectivity index (χ4v) is 2.59. The monoisotopic (exact) mass is 341 g/mol. The second-order valence-electron chi connectivity index (χ2n) is 5.70. The van der Waals surface area contributed by atoms with Gasteiger partial charge in [0.05, 0.1) is 24.1 Å². The summed E-state index contributed by atoms with van der Waals surface area (Å²) in [5, 5.41) is 2.87. The van der Waals surface area contributed by atoms with Crippen molar-refractivity contribution in [3.8, 4) is 5.75 Å². The number of aromatic amines is 1. The smallest absolute Gasteiger partial charge is 0.224 e. The maximum absolute atomic E-state index is 13.2. The van der Waals surface area contributed by atoms with Crippen molar-refractivity contribution in [1.29, 1.82) is 0 Å². The lowest BCUT2D eigenvalue weighted by atomic mass is 10.1. The summed E-state index contributed by atoms with van der Waals surface area (Å²) >= 11 is 0. The van der Waals surface area contributed by atoms with Gasteiger partial charge in [0.15, 0.2) is 0 Å². The first-order valence-electron chi connectivity index (χ1n) is 8.26. The summed E-state index contributed by atoms with van der Waals surface area (Å²) in [6.07, 6.45) is 0.878. The molecule has 1 amide bonds. The number of amides is 1. The highest BCUT2D eigenvalue weighted by atomic mass is 19.1. The molecule has 0 aliphatic carbocycles. The Morgan fingerprint density at radius 2 is 2.04 bits per heavy atom. The Balaban J connectivity index is 1.48. The average molecular weight is 341 g/mol. The number of nitrogens with zero attached hydrogens (tertiary/aromatic N) is 1. The van der Waals surface area contributed by atoms with Crippen molar-refractivity contribution in [2.45, 2.75) is 19.8 Å². The number of rotatable bonds is 7. The Morgan fingerprint density at radius 1 is 1.24 bits per heavy atom. The Bertz CT molecular complexity index is 859. The quantitative estimate of drug-likeness (QED) is 0.694. The number of fused-ring (bicyclic) bond motifs is 1. The number of carbonyl (C=O) groups is 1. The van der Waals surface area contributed by atoms with Crippen LogP contribution in [0, 0.1) is 5.82 Å². The zero-order valence-corrected chi connectivity index (χ0v) is 14.0. The molecule has 2 aromatic carbocycles. The summed E-state index contributed by atoms with van der Waals surface area (Å²) < 4.78 is 18.5. The molecule has 0 unspecified atom stereocenters. The zero-order chi connectivity index (χ0) is 17.6. The van der Waals surface area contributed by atoms with Crippen LogP contribution in [0.1, 0.15) is 18.3 Å². The Kier molecular flexibility index (Phi) is 5.28. The van der Waals surface area contributed by atoms with Crippen LogP contribution in [0.3, 0.4) is 0 Å².